The van der Waals surface area contributed by atoms with Gasteiger partial charge >= 0.3 is 0 Å². The van der Waals surface area contributed by atoms with E-state index >= 15 is 0 Å². The van der Waals surface area contributed by atoms with Crippen molar-refractivity contribution in [3.8, 4) is 0 Å². The van der Waals surface area contributed by atoms with Crippen LogP contribution in [0.25, 0.3) is 0 Å². The molecule has 0 bridgehead atoms. The van der Waals surface area contributed by atoms with E-state index in [9.17, 15) is 4.79 Å². The molecule has 1 atom stereocenters. The van der Waals surface area contributed by atoms with Gasteiger partial charge in [-0.2, -0.15) is 0 Å². The standard InChI is InChI=1S/C8H19N3O/c1-5-11(4)7(6(2)3)8(12)10-9/h6-7H,5,9H2,1-4H3,(H,10,12). The highest BCUT2D eigenvalue weighted by atomic mass is 16.2. The maximum absolute atomic E-state index is 11.3. The minimum absolute atomic E-state index is 0.116. The summed E-state index contributed by atoms with van der Waals surface area (Å²) >= 11 is 0. The lowest BCUT2D eigenvalue weighted by atomic mass is 10.0. The van der Waals surface area contributed by atoms with Crippen molar-refractivity contribution in [3.63, 3.8) is 0 Å². The van der Waals surface area contributed by atoms with Gasteiger partial charge in [-0.3, -0.25) is 15.1 Å². The van der Waals surface area contributed by atoms with Gasteiger partial charge in [-0.1, -0.05) is 20.8 Å². The zero-order valence-corrected chi connectivity index (χ0v) is 8.29. The Kier molecular flexibility index (Phi) is 4.85. The Balaban J connectivity index is 4.32. The zero-order valence-electron chi connectivity index (χ0n) is 8.29. The third kappa shape index (κ3) is 2.79. The monoisotopic (exact) mass is 173 g/mol. The number of hydrogen-bond donors (Lipinski definition) is 2. The number of carbonyl (C=O) groups excluding carboxylic acids is 1. The van der Waals surface area contributed by atoms with Gasteiger partial charge in [-0.25, -0.2) is 5.84 Å². The van der Waals surface area contributed by atoms with Crippen LogP contribution in [0.2, 0.25) is 0 Å². The summed E-state index contributed by atoms with van der Waals surface area (Å²) in [5.41, 5.74) is 2.18. The molecule has 0 aliphatic rings. The molecule has 3 N–H and O–H groups in total. The molecule has 0 radical (unpaired) electrons. The summed E-state index contributed by atoms with van der Waals surface area (Å²) in [6.45, 7) is 6.87. The fourth-order valence-electron chi connectivity index (χ4n) is 1.29. The van der Waals surface area contributed by atoms with Gasteiger partial charge in [-0.15, -0.1) is 0 Å². The summed E-state index contributed by atoms with van der Waals surface area (Å²) in [4.78, 5) is 13.3. The molecule has 4 heteroatoms. The Morgan fingerprint density at radius 2 is 2.08 bits per heavy atom. The molecular formula is C8H19N3O. The predicted octanol–water partition coefficient (Wildman–Crippen LogP) is -0.0474. The summed E-state index contributed by atoms with van der Waals surface area (Å²) in [5, 5.41) is 0. The molecule has 0 saturated carbocycles. The number of nitrogens with one attached hydrogen (secondary N) is 1. The minimum atomic E-state index is -0.125. The third-order valence-electron chi connectivity index (χ3n) is 2.02. The number of nitrogens with two attached hydrogens (primary N) is 1. The first-order valence-corrected chi connectivity index (χ1v) is 4.25. The van der Waals surface area contributed by atoms with Crippen LogP contribution in [-0.4, -0.2) is 30.4 Å². The van der Waals surface area contributed by atoms with Gasteiger partial charge in [0.25, 0.3) is 5.91 Å². The third-order valence-corrected chi connectivity index (χ3v) is 2.02. The number of carbonyl (C=O) groups is 1. The lowest BCUT2D eigenvalue weighted by Gasteiger charge is -2.28. The van der Waals surface area contributed by atoms with Crippen molar-refractivity contribution in [1.29, 1.82) is 0 Å². The maximum Gasteiger partial charge on any atom is 0.251 e. The van der Waals surface area contributed by atoms with E-state index in [1.807, 2.05) is 32.7 Å². The van der Waals surface area contributed by atoms with E-state index in [1.165, 1.54) is 0 Å². The quantitative estimate of drug-likeness (QED) is 0.356. The molecule has 0 aromatic heterocycles. The van der Waals surface area contributed by atoms with Crippen LogP contribution in [0.1, 0.15) is 20.8 Å². The van der Waals surface area contributed by atoms with E-state index in [0.717, 1.165) is 6.54 Å². The van der Waals surface area contributed by atoms with Gasteiger partial charge in [0.2, 0.25) is 0 Å². The second-order valence-corrected chi connectivity index (χ2v) is 3.27. The molecule has 12 heavy (non-hydrogen) atoms. The minimum Gasteiger partial charge on any atom is -0.295 e. The topological polar surface area (TPSA) is 58.4 Å². The van der Waals surface area contributed by atoms with Gasteiger partial charge in [0.05, 0.1) is 6.04 Å². The highest BCUT2D eigenvalue weighted by Gasteiger charge is 2.24. The van der Waals surface area contributed by atoms with Gasteiger partial charge in [0, 0.05) is 0 Å². The van der Waals surface area contributed by atoms with E-state index in [0.29, 0.717) is 0 Å². The summed E-state index contributed by atoms with van der Waals surface area (Å²) < 4.78 is 0. The van der Waals surface area contributed by atoms with Gasteiger partial charge in [0.15, 0.2) is 0 Å². The second-order valence-electron chi connectivity index (χ2n) is 3.27. The van der Waals surface area contributed by atoms with Crippen LogP contribution >= 0.6 is 0 Å². The SMILES string of the molecule is CCN(C)C(C(=O)NN)C(C)C. The Hall–Kier alpha value is -0.610. The van der Waals surface area contributed by atoms with E-state index in [-0.39, 0.29) is 17.9 Å². The van der Waals surface area contributed by atoms with Crippen LogP contribution in [0, 0.1) is 5.92 Å². The van der Waals surface area contributed by atoms with Crippen molar-refractivity contribution in [2.75, 3.05) is 13.6 Å². The summed E-state index contributed by atoms with van der Waals surface area (Å²) in [5.74, 6) is 5.24. The van der Waals surface area contributed by atoms with Gasteiger partial charge < -0.3 is 0 Å². The molecule has 0 heterocycles. The van der Waals surface area contributed by atoms with Crippen LogP contribution in [-0.2, 0) is 4.79 Å². The Bertz CT molecular complexity index is 147. The molecule has 72 valence electrons. The number of hydrogen-bond acceptors (Lipinski definition) is 3. The van der Waals surface area contributed by atoms with Crippen LogP contribution in [0.4, 0.5) is 0 Å². The van der Waals surface area contributed by atoms with E-state index in [4.69, 9.17) is 5.84 Å². The average Bonchev–Trinajstić information content (AvgIpc) is 2.03. The van der Waals surface area contributed by atoms with Crippen molar-refractivity contribution in [2.45, 2.75) is 26.8 Å². The molecule has 0 rings (SSSR count). The summed E-state index contributed by atoms with van der Waals surface area (Å²) in [6.07, 6.45) is 0. The van der Waals surface area contributed by atoms with Crippen molar-refractivity contribution >= 4 is 5.91 Å². The summed E-state index contributed by atoms with van der Waals surface area (Å²) in [7, 11) is 1.92. The number of amides is 1. The first-order chi connectivity index (χ1) is 5.54. The lowest BCUT2D eigenvalue weighted by molar-refractivity contribution is -0.127. The number of hydrazine groups is 1. The molecule has 0 fully saturated rings. The number of nitrogens with zero attached hydrogens (tertiary/aromatic N) is 1. The normalized spacial score (nSPS) is 13.6. The van der Waals surface area contributed by atoms with Crippen molar-refractivity contribution < 1.29 is 4.79 Å². The Morgan fingerprint density at radius 3 is 2.33 bits per heavy atom. The Labute approximate surface area is 74.1 Å². The molecule has 4 nitrogen and oxygen atoms in total. The zero-order chi connectivity index (χ0) is 9.72. The molecule has 1 unspecified atom stereocenters. The molecule has 0 aromatic rings. The number of likely N-dealkylation sites (N-methyl/N-ethyl adjacent to an activating group) is 1. The first-order valence-electron chi connectivity index (χ1n) is 4.25. The van der Waals surface area contributed by atoms with Crippen LogP contribution in [0.5, 0.6) is 0 Å². The first kappa shape index (κ1) is 11.4. The highest BCUT2D eigenvalue weighted by Crippen LogP contribution is 2.08. The van der Waals surface area contributed by atoms with E-state index in [1.54, 1.807) is 0 Å². The van der Waals surface area contributed by atoms with Crippen LogP contribution < -0.4 is 11.3 Å². The van der Waals surface area contributed by atoms with Gasteiger partial charge in [-0.05, 0) is 19.5 Å². The smallest absolute Gasteiger partial charge is 0.251 e. The predicted molar refractivity (Wildman–Crippen MR) is 49.3 cm³/mol. The second kappa shape index (κ2) is 5.11. The van der Waals surface area contributed by atoms with Crippen molar-refractivity contribution in [1.82, 2.24) is 10.3 Å². The van der Waals surface area contributed by atoms with Crippen molar-refractivity contribution in [3.05, 3.63) is 0 Å². The fraction of sp³-hybridized carbons (Fsp3) is 0.875. The maximum atomic E-state index is 11.3. The molecule has 0 saturated heterocycles. The average molecular weight is 173 g/mol. The molecule has 1 amide bonds. The van der Waals surface area contributed by atoms with E-state index in [2.05, 4.69) is 5.43 Å². The molecular weight excluding hydrogens is 154 g/mol. The summed E-state index contributed by atoms with van der Waals surface area (Å²) in [6, 6.07) is -0.125. The molecule has 0 aliphatic heterocycles. The lowest BCUT2D eigenvalue weighted by Crippen LogP contribution is -2.50. The Morgan fingerprint density at radius 1 is 1.58 bits per heavy atom. The number of rotatable bonds is 4. The largest absolute Gasteiger partial charge is 0.295 e. The van der Waals surface area contributed by atoms with E-state index < -0.39 is 0 Å². The van der Waals surface area contributed by atoms with Crippen LogP contribution in [0.15, 0.2) is 0 Å². The van der Waals surface area contributed by atoms with Gasteiger partial charge in [0.1, 0.15) is 0 Å². The molecule has 0 spiro atoms. The highest BCUT2D eigenvalue weighted by molar-refractivity contribution is 5.81. The fourth-order valence-corrected chi connectivity index (χ4v) is 1.29. The van der Waals surface area contributed by atoms with Crippen LogP contribution in [0.3, 0.4) is 0 Å². The molecule has 0 aromatic carbocycles. The van der Waals surface area contributed by atoms with Crippen molar-refractivity contribution in [2.24, 2.45) is 11.8 Å². The molecule has 0 aliphatic carbocycles.